The van der Waals surface area contributed by atoms with E-state index < -0.39 is 114 Å². The first-order chi connectivity index (χ1) is 27.6. The van der Waals surface area contributed by atoms with Crippen LogP contribution in [0.4, 0.5) is 0 Å². The van der Waals surface area contributed by atoms with E-state index in [4.69, 9.17) is 10.8 Å². The Morgan fingerprint density at radius 3 is 1.69 bits per heavy atom. The van der Waals surface area contributed by atoms with Crippen molar-refractivity contribution < 1.29 is 58.8 Å². The van der Waals surface area contributed by atoms with Gasteiger partial charge in [-0.3, -0.25) is 33.6 Å². The van der Waals surface area contributed by atoms with Crippen molar-refractivity contribution in [2.45, 2.75) is 122 Å². The second-order valence-corrected chi connectivity index (χ2v) is 15.3. The SMILES string of the molecule is CCC(C)C(NC(=O)C(NC(=O)C(CS)NC(=O)C(NC(=O)C(Cc1c[nH]c2ccccc12)NC(=O)C(N)CC(=O)O)C(C)O)C(C)O)C(=O)NC(CC(C)C)C(=O)O. The van der Waals surface area contributed by atoms with Crippen LogP contribution in [0.5, 0.6) is 0 Å². The summed E-state index contributed by atoms with van der Waals surface area (Å²) >= 11 is 4.14. The number of benzene rings is 1. The molecule has 328 valence electrons. The number of aromatic nitrogens is 1. The zero-order valence-corrected chi connectivity index (χ0v) is 34.7. The normalized spacial score (nSPS) is 16.5. The van der Waals surface area contributed by atoms with Crippen LogP contribution in [-0.2, 0) is 44.8 Å². The van der Waals surface area contributed by atoms with E-state index >= 15 is 0 Å². The van der Waals surface area contributed by atoms with Gasteiger partial charge in [-0.2, -0.15) is 12.6 Å². The fourth-order valence-corrected chi connectivity index (χ4v) is 6.22. The lowest BCUT2D eigenvalue weighted by Crippen LogP contribution is -2.63. The minimum absolute atomic E-state index is 0.0767. The third kappa shape index (κ3) is 15.1. The van der Waals surface area contributed by atoms with E-state index in [1.807, 2.05) is 0 Å². The van der Waals surface area contributed by atoms with E-state index in [-0.39, 0.29) is 24.5 Å². The molecule has 10 unspecified atom stereocenters. The van der Waals surface area contributed by atoms with Crippen molar-refractivity contribution in [1.82, 2.24) is 36.9 Å². The zero-order valence-electron chi connectivity index (χ0n) is 33.9. The van der Waals surface area contributed by atoms with Crippen molar-refractivity contribution >= 4 is 70.9 Å². The van der Waals surface area contributed by atoms with Gasteiger partial charge in [-0.05, 0) is 43.7 Å². The van der Waals surface area contributed by atoms with Crippen molar-refractivity contribution in [2.24, 2.45) is 17.6 Å². The summed E-state index contributed by atoms with van der Waals surface area (Å²) < 4.78 is 0. The number of carbonyl (C=O) groups is 8. The standard InChI is InChI=1S/C38H58N8O12S/c1-7-18(4)29(35(54)42-26(38(57)58)12-17(2)3)44-37(56)31(20(6)48)46-34(53)27(16-59)43-36(55)30(19(5)47)45-33(52)25(41-32(51)23(39)14-28(49)50)13-21-15-40-24-11-9-8-10-22(21)24/h8-11,15,17-20,23,25-27,29-31,40,47-48,59H,7,12-14,16,39H2,1-6H3,(H,41,51)(H,42,54)(H,43,55)(H,44,56)(H,45,52)(H,46,53)(H,49,50)(H,57,58). The monoisotopic (exact) mass is 850 g/mol. The molecule has 1 heterocycles. The van der Waals surface area contributed by atoms with Gasteiger partial charge in [0.1, 0.15) is 36.3 Å². The van der Waals surface area contributed by atoms with Gasteiger partial charge < -0.3 is 63.0 Å². The van der Waals surface area contributed by atoms with Crippen molar-refractivity contribution in [3.8, 4) is 0 Å². The summed E-state index contributed by atoms with van der Waals surface area (Å²) in [5.41, 5.74) is 7.03. The number of fused-ring (bicyclic) bond motifs is 1. The Labute approximate surface area is 347 Å². The molecule has 1 aromatic heterocycles. The first kappa shape index (κ1) is 49.9. The van der Waals surface area contributed by atoms with Gasteiger partial charge in [0.25, 0.3) is 0 Å². The fourth-order valence-electron chi connectivity index (χ4n) is 5.96. The Morgan fingerprint density at radius 2 is 1.19 bits per heavy atom. The highest BCUT2D eigenvalue weighted by atomic mass is 32.1. The van der Waals surface area contributed by atoms with Gasteiger partial charge >= 0.3 is 11.9 Å². The molecule has 0 spiro atoms. The minimum atomic E-state index is -1.73. The summed E-state index contributed by atoms with van der Waals surface area (Å²) in [7, 11) is 0. The molecule has 2 rings (SSSR count). The third-order valence-electron chi connectivity index (χ3n) is 9.52. The van der Waals surface area contributed by atoms with Gasteiger partial charge in [0, 0.05) is 29.3 Å². The average molecular weight is 851 g/mol. The van der Waals surface area contributed by atoms with Crippen LogP contribution in [0.3, 0.4) is 0 Å². The Kier molecular flexibility index (Phi) is 19.8. The Bertz CT molecular complexity index is 1800. The molecule has 1 aromatic carbocycles. The molecular weight excluding hydrogens is 793 g/mol. The van der Waals surface area contributed by atoms with Gasteiger partial charge in [-0.15, -0.1) is 0 Å². The topological polar surface area (TPSA) is 331 Å². The van der Waals surface area contributed by atoms with Crippen molar-refractivity contribution in [3.63, 3.8) is 0 Å². The van der Waals surface area contributed by atoms with E-state index in [1.54, 1.807) is 58.2 Å². The van der Waals surface area contributed by atoms with Gasteiger partial charge in [-0.25, -0.2) is 4.79 Å². The Morgan fingerprint density at radius 1 is 0.695 bits per heavy atom. The number of aromatic amines is 1. The number of aliphatic carboxylic acids is 2. The molecule has 0 radical (unpaired) electrons. The summed E-state index contributed by atoms with van der Waals surface area (Å²) in [4.78, 5) is 106. The summed E-state index contributed by atoms with van der Waals surface area (Å²) in [5, 5.41) is 55.0. The first-order valence-corrected chi connectivity index (χ1v) is 19.8. The van der Waals surface area contributed by atoms with Crippen LogP contribution in [0, 0.1) is 11.8 Å². The van der Waals surface area contributed by atoms with Crippen LogP contribution < -0.4 is 37.6 Å². The number of hydrogen-bond donors (Lipinski definition) is 13. The Hall–Kier alpha value is -5.25. The van der Waals surface area contributed by atoms with Gasteiger partial charge in [-0.1, -0.05) is 52.3 Å². The minimum Gasteiger partial charge on any atom is -0.481 e. The number of carbonyl (C=O) groups excluding carboxylic acids is 6. The number of carboxylic acid groups (broad SMARTS) is 2. The third-order valence-corrected chi connectivity index (χ3v) is 9.88. The number of aliphatic hydroxyl groups excluding tert-OH is 2. The molecule has 10 atom stereocenters. The van der Waals surface area contributed by atoms with Crippen LogP contribution in [0.15, 0.2) is 30.5 Å². The van der Waals surface area contributed by atoms with E-state index in [0.717, 1.165) is 5.52 Å². The average Bonchev–Trinajstić information content (AvgIpc) is 3.57. The Balaban J connectivity index is 2.27. The van der Waals surface area contributed by atoms with Crippen LogP contribution in [0.2, 0.25) is 0 Å². The van der Waals surface area contributed by atoms with E-state index in [0.29, 0.717) is 17.4 Å². The number of aliphatic hydroxyl groups is 2. The molecular formula is C38H58N8O12S. The van der Waals surface area contributed by atoms with Crippen LogP contribution in [0.25, 0.3) is 10.9 Å². The van der Waals surface area contributed by atoms with Gasteiger partial charge in [0.05, 0.1) is 24.7 Å². The highest BCUT2D eigenvalue weighted by Crippen LogP contribution is 2.20. The molecule has 0 saturated carbocycles. The molecule has 6 amide bonds. The van der Waals surface area contributed by atoms with Gasteiger partial charge in [0.2, 0.25) is 35.4 Å². The first-order valence-electron chi connectivity index (χ1n) is 19.2. The van der Waals surface area contributed by atoms with E-state index in [2.05, 4.69) is 49.5 Å². The number of hydrogen-bond acceptors (Lipinski definition) is 12. The number of amides is 6. The lowest BCUT2D eigenvalue weighted by Gasteiger charge is -2.30. The molecule has 0 aliphatic heterocycles. The number of para-hydroxylation sites is 1. The number of rotatable bonds is 24. The molecule has 0 aliphatic carbocycles. The molecule has 2 aromatic rings. The maximum atomic E-state index is 13.7. The van der Waals surface area contributed by atoms with Crippen LogP contribution >= 0.6 is 12.6 Å². The van der Waals surface area contributed by atoms with E-state index in [9.17, 15) is 53.7 Å². The predicted octanol–water partition coefficient (Wildman–Crippen LogP) is -1.71. The van der Waals surface area contributed by atoms with Crippen molar-refractivity contribution in [1.29, 1.82) is 0 Å². The number of thiol groups is 1. The largest absolute Gasteiger partial charge is 0.481 e. The van der Waals surface area contributed by atoms with Crippen molar-refractivity contribution in [2.75, 3.05) is 5.75 Å². The summed E-state index contributed by atoms with van der Waals surface area (Å²) in [6, 6.07) is -3.31. The summed E-state index contributed by atoms with van der Waals surface area (Å²) in [6.45, 7) is 9.32. The number of nitrogens with two attached hydrogens (primary N) is 1. The van der Waals surface area contributed by atoms with E-state index in [1.165, 1.54) is 13.8 Å². The second kappa shape index (κ2) is 23.4. The zero-order chi connectivity index (χ0) is 44.7. The lowest BCUT2D eigenvalue weighted by atomic mass is 9.96. The predicted molar refractivity (Wildman–Crippen MR) is 218 cm³/mol. The number of nitrogens with one attached hydrogen (secondary N) is 7. The molecule has 0 saturated heterocycles. The molecule has 0 aliphatic rings. The number of H-pyrrole nitrogens is 1. The molecule has 59 heavy (non-hydrogen) atoms. The quantitative estimate of drug-likeness (QED) is 0.0524. The fraction of sp³-hybridized carbons (Fsp3) is 0.579. The molecule has 20 nitrogen and oxygen atoms in total. The number of carboxylic acids is 2. The summed E-state index contributed by atoms with van der Waals surface area (Å²) in [6.07, 6.45) is -1.91. The maximum Gasteiger partial charge on any atom is 0.326 e. The molecule has 0 fully saturated rings. The van der Waals surface area contributed by atoms with Crippen LogP contribution in [-0.4, -0.2) is 133 Å². The molecule has 0 bridgehead atoms. The van der Waals surface area contributed by atoms with Gasteiger partial charge in [0.15, 0.2) is 0 Å². The highest BCUT2D eigenvalue weighted by molar-refractivity contribution is 7.80. The molecule has 21 heteroatoms. The smallest absolute Gasteiger partial charge is 0.326 e. The lowest BCUT2D eigenvalue weighted by molar-refractivity contribution is -0.143. The maximum absolute atomic E-state index is 13.7. The van der Waals surface area contributed by atoms with Crippen molar-refractivity contribution in [3.05, 3.63) is 36.0 Å². The highest BCUT2D eigenvalue weighted by Gasteiger charge is 2.37. The summed E-state index contributed by atoms with van der Waals surface area (Å²) in [5.74, 6) is -9.39. The molecule has 13 N–H and O–H groups in total. The van der Waals surface area contributed by atoms with Crippen LogP contribution in [0.1, 0.15) is 66.4 Å². The second-order valence-electron chi connectivity index (χ2n) is 14.9.